The highest BCUT2D eigenvalue weighted by atomic mass is 16.5. The molecule has 0 unspecified atom stereocenters. The highest BCUT2D eigenvalue weighted by Gasteiger charge is 2.40. The molecule has 0 aliphatic rings. The Labute approximate surface area is 254 Å². The van der Waals surface area contributed by atoms with Crippen molar-refractivity contribution >= 4 is 5.97 Å². The van der Waals surface area contributed by atoms with Crippen LogP contribution in [0.1, 0.15) is 47.1 Å². The second-order valence-electron chi connectivity index (χ2n) is 10.6. The van der Waals surface area contributed by atoms with E-state index in [1.54, 1.807) is 6.92 Å². The van der Waals surface area contributed by atoms with E-state index in [-0.39, 0.29) is 19.1 Å². The molecule has 5 aromatic carbocycles. The van der Waals surface area contributed by atoms with Crippen molar-refractivity contribution in [1.29, 1.82) is 0 Å². The minimum atomic E-state index is -1.02. The molecular formula is C39H38O4. The normalized spacial score (nSPS) is 12.9. The molecule has 0 radical (unpaired) electrons. The van der Waals surface area contributed by atoms with E-state index in [0.717, 1.165) is 27.8 Å². The van der Waals surface area contributed by atoms with E-state index in [1.807, 2.05) is 127 Å². The quantitative estimate of drug-likeness (QED) is 0.116. The Morgan fingerprint density at radius 1 is 0.628 bits per heavy atom. The van der Waals surface area contributed by atoms with Crippen LogP contribution in [-0.2, 0) is 19.9 Å². The molecule has 0 fully saturated rings. The molecular weight excluding hydrogens is 532 g/mol. The van der Waals surface area contributed by atoms with Gasteiger partial charge in [0.1, 0.15) is 11.5 Å². The summed E-state index contributed by atoms with van der Waals surface area (Å²) in [6.07, 6.45) is -0.694. The van der Waals surface area contributed by atoms with Crippen molar-refractivity contribution in [2.75, 3.05) is 13.2 Å². The molecule has 0 saturated carbocycles. The van der Waals surface area contributed by atoms with Crippen molar-refractivity contribution in [3.05, 3.63) is 179 Å². The Morgan fingerprint density at radius 3 is 1.37 bits per heavy atom. The largest absolute Gasteiger partial charge is 0.466 e. The molecule has 0 aromatic heterocycles. The maximum Gasteiger partial charge on any atom is 0.313 e. The fourth-order valence-electron chi connectivity index (χ4n) is 5.81. The fourth-order valence-corrected chi connectivity index (χ4v) is 5.81. The predicted molar refractivity (Wildman–Crippen MR) is 171 cm³/mol. The van der Waals surface area contributed by atoms with E-state index in [9.17, 15) is 9.90 Å². The Balaban J connectivity index is 1.54. The van der Waals surface area contributed by atoms with Gasteiger partial charge in [0.15, 0.2) is 0 Å². The summed E-state index contributed by atoms with van der Waals surface area (Å²) in [5.41, 5.74) is 3.90. The summed E-state index contributed by atoms with van der Waals surface area (Å²) < 4.78 is 12.5. The molecule has 2 atom stereocenters. The van der Waals surface area contributed by atoms with Gasteiger partial charge in [-0.15, -0.1) is 0 Å². The smallest absolute Gasteiger partial charge is 0.313 e. The zero-order chi connectivity index (χ0) is 29.9. The van der Waals surface area contributed by atoms with E-state index in [0.29, 0.717) is 6.42 Å². The molecule has 0 heterocycles. The highest BCUT2D eigenvalue weighted by Crippen LogP contribution is 2.41. The molecule has 0 saturated heterocycles. The van der Waals surface area contributed by atoms with Gasteiger partial charge < -0.3 is 14.6 Å². The van der Waals surface area contributed by atoms with E-state index in [1.165, 1.54) is 0 Å². The van der Waals surface area contributed by atoms with Crippen LogP contribution in [0, 0.1) is 5.92 Å². The minimum absolute atomic E-state index is 0.0466. The Bertz CT molecular complexity index is 1390. The molecule has 218 valence electrons. The summed E-state index contributed by atoms with van der Waals surface area (Å²) in [4.78, 5) is 13.5. The van der Waals surface area contributed by atoms with Crippen molar-refractivity contribution < 1.29 is 19.4 Å². The van der Waals surface area contributed by atoms with Crippen molar-refractivity contribution in [3.8, 4) is 0 Å². The van der Waals surface area contributed by atoms with Gasteiger partial charge in [-0.25, -0.2) is 0 Å². The van der Waals surface area contributed by atoms with Gasteiger partial charge in [-0.05, 0) is 41.2 Å². The summed E-state index contributed by atoms with van der Waals surface area (Å²) in [7, 11) is 0. The number of benzene rings is 5. The van der Waals surface area contributed by atoms with Crippen LogP contribution in [0.15, 0.2) is 152 Å². The number of ether oxygens (including phenoxy) is 2. The van der Waals surface area contributed by atoms with Gasteiger partial charge in [0.05, 0.1) is 19.3 Å². The van der Waals surface area contributed by atoms with Crippen LogP contribution in [0.25, 0.3) is 0 Å². The number of aliphatic hydroxyl groups is 1. The van der Waals surface area contributed by atoms with Gasteiger partial charge in [0.25, 0.3) is 0 Å². The van der Waals surface area contributed by atoms with Crippen LogP contribution in [0.2, 0.25) is 0 Å². The van der Waals surface area contributed by atoms with E-state index in [2.05, 4.69) is 24.3 Å². The topological polar surface area (TPSA) is 55.8 Å². The molecule has 4 heteroatoms. The third-order valence-corrected chi connectivity index (χ3v) is 7.96. The lowest BCUT2D eigenvalue weighted by molar-refractivity contribution is -0.157. The molecule has 0 aliphatic heterocycles. The van der Waals surface area contributed by atoms with Crippen LogP contribution < -0.4 is 0 Å². The average molecular weight is 571 g/mol. The van der Waals surface area contributed by atoms with Gasteiger partial charge >= 0.3 is 5.97 Å². The number of carbonyl (C=O) groups is 1. The minimum Gasteiger partial charge on any atom is -0.466 e. The lowest BCUT2D eigenvalue weighted by Gasteiger charge is -2.37. The molecule has 0 amide bonds. The standard InChI is InChI=1S/C39H38O4/c1-2-42-38(41)36(37(40)28-35(30-18-8-3-9-19-30)31-20-10-4-11-21-31)29-43-39(32-22-12-5-13-23-32,33-24-14-6-15-25-33)34-26-16-7-17-27-34/h3-27,35-37,40H,2,28-29H2,1H3/t36-,37+/m1/s1. The molecule has 5 rings (SSSR count). The third kappa shape index (κ3) is 6.94. The SMILES string of the molecule is CCOC(=O)[C@H](COC(c1ccccc1)(c1ccccc1)c1ccccc1)[C@@H](O)CC(c1ccccc1)c1ccccc1. The number of carbonyl (C=O) groups excluding carboxylic acids is 1. The lowest BCUT2D eigenvalue weighted by Crippen LogP contribution is -2.40. The van der Waals surface area contributed by atoms with E-state index in [4.69, 9.17) is 9.47 Å². The van der Waals surface area contributed by atoms with E-state index >= 15 is 0 Å². The number of hydrogen-bond acceptors (Lipinski definition) is 4. The van der Waals surface area contributed by atoms with Crippen molar-refractivity contribution in [2.45, 2.75) is 31.0 Å². The number of rotatable bonds is 13. The Hall–Kier alpha value is -4.51. The van der Waals surface area contributed by atoms with Crippen molar-refractivity contribution in [3.63, 3.8) is 0 Å². The molecule has 43 heavy (non-hydrogen) atoms. The van der Waals surface area contributed by atoms with Crippen LogP contribution in [0.5, 0.6) is 0 Å². The van der Waals surface area contributed by atoms with Crippen LogP contribution >= 0.6 is 0 Å². The molecule has 0 aliphatic carbocycles. The van der Waals surface area contributed by atoms with Crippen LogP contribution in [0.4, 0.5) is 0 Å². The maximum absolute atomic E-state index is 13.5. The first kappa shape index (κ1) is 30.0. The summed E-state index contributed by atoms with van der Waals surface area (Å²) in [6, 6.07) is 50.3. The maximum atomic E-state index is 13.5. The third-order valence-electron chi connectivity index (χ3n) is 7.96. The lowest BCUT2D eigenvalue weighted by atomic mass is 9.79. The average Bonchev–Trinajstić information content (AvgIpc) is 3.08. The molecule has 1 N–H and O–H groups in total. The van der Waals surface area contributed by atoms with Crippen molar-refractivity contribution in [1.82, 2.24) is 0 Å². The Morgan fingerprint density at radius 2 is 1.00 bits per heavy atom. The van der Waals surface area contributed by atoms with Crippen LogP contribution in [0.3, 0.4) is 0 Å². The first-order valence-electron chi connectivity index (χ1n) is 14.9. The van der Waals surface area contributed by atoms with E-state index < -0.39 is 23.6 Å². The second-order valence-corrected chi connectivity index (χ2v) is 10.6. The summed E-state index contributed by atoms with van der Waals surface area (Å²) in [5.74, 6) is -1.50. The zero-order valence-electron chi connectivity index (χ0n) is 24.5. The Kier molecular flexibility index (Phi) is 10.2. The van der Waals surface area contributed by atoms with Crippen LogP contribution in [-0.4, -0.2) is 30.4 Å². The molecule has 0 bridgehead atoms. The first-order chi connectivity index (χ1) is 21.1. The number of hydrogen-bond donors (Lipinski definition) is 1. The van der Waals surface area contributed by atoms with Crippen molar-refractivity contribution in [2.24, 2.45) is 5.92 Å². The van der Waals surface area contributed by atoms with Gasteiger partial charge in [-0.3, -0.25) is 4.79 Å². The highest BCUT2D eigenvalue weighted by molar-refractivity contribution is 5.73. The monoisotopic (exact) mass is 570 g/mol. The zero-order valence-corrected chi connectivity index (χ0v) is 24.5. The predicted octanol–water partition coefficient (Wildman–Crippen LogP) is 7.76. The summed E-state index contributed by atoms with van der Waals surface area (Å²) in [6.45, 7) is 1.94. The molecule has 0 spiro atoms. The summed E-state index contributed by atoms with van der Waals surface area (Å²) in [5, 5.41) is 11.8. The number of aliphatic hydroxyl groups excluding tert-OH is 1. The van der Waals surface area contributed by atoms with Gasteiger partial charge in [-0.2, -0.15) is 0 Å². The second kappa shape index (κ2) is 14.6. The van der Waals surface area contributed by atoms with Gasteiger partial charge in [-0.1, -0.05) is 152 Å². The molecule has 4 nitrogen and oxygen atoms in total. The fraction of sp³-hybridized carbons (Fsp3) is 0.205. The summed E-state index contributed by atoms with van der Waals surface area (Å²) >= 11 is 0. The first-order valence-corrected chi connectivity index (χ1v) is 14.9. The number of esters is 1. The van der Waals surface area contributed by atoms with Gasteiger partial charge in [0, 0.05) is 5.92 Å². The van der Waals surface area contributed by atoms with Gasteiger partial charge in [0.2, 0.25) is 0 Å². The molecule has 5 aromatic rings.